The van der Waals surface area contributed by atoms with E-state index in [0.29, 0.717) is 30.6 Å². The van der Waals surface area contributed by atoms with E-state index in [9.17, 15) is 4.79 Å². The molecule has 5 nitrogen and oxygen atoms in total. The van der Waals surface area contributed by atoms with Crippen LogP contribution >= 0.6 is 0 Å². The number of methoxy groups -OCH3 is 2. The van der Waals surface area contributed by atoms with Crippen molar-refractivity contribution in [2.24, 2.45) is 5.92 Å². The minimum Gasteiger partial charge on any atom is -0.496 e. The zero-order chi connectivity index (χ0) is 20.2. The third-order valence-corrected chi connectivity index (χ3v) is 5.93. The number of hydrogen-bond acceptors (Lipinski definition) is 4. The molecule has 0 aromatic heterocycles. The fraction of sp³-hybridized carbons (Fsp3) is 0.375. The number of carbonyl (C=O) groups is 1. The Hall–Kier alpha value is -2.79. The number of anilines is 1. The summed E-state index contributed by atoms with van der Waals surface area (Å²) in [7, 11) is 3.38. The number of hydrogen-bond donors (Lipinski definition) is 2. The maximum Gasteiger partial charge on any atom is 0.253 e. The van der Waals surface area contributed by atoms with E-state index in [0.717, 1.165) is 29.8 Å². The zero-order valence-electron chi connectivity index (χ0n) is 17.0. The van der Waals surface area contributed by atoms with Crippen molar-refractivity contribution in [2.45, 2.75) is 24.8 Å². The SMILES string of the molecule is COCCCNC(=O)c1cccc2c1NC(c1ccccc1OC)C1CC=CC21. The van der Waals surface area contributed by atoms with Gasteiger partial charge < -0.3 is 20.1 Å². The number of carbonyl (C=O) groups excluding carboxylic acids is 1. The Labute approximate surface area is 172 Å². The Bertz CT molecular complexity index is 909. The molecule has 3 atom stereocenters. The molecule has 4 rings (SSSR count). The number of rotatable bonds is 7. The minimum atomic E-state index is -0.0512. The van der Waals surface area contributed by atoms with Gasteiger partial charge in [-0.05, 0) is 36.5 Å². The molecule has 1 aliphatic carbocycles. The third-order valence-electron chi connectivity index (χ3n) is 5.93. The second-order valence-corrected chi connectivity index (χ2v) is 7.59. The van der Waals surface area contributed by atoms with Crippen LogP contribution in [-0.2, 0) is 4.74 Å². The van der Waals surface area contributed by atoms with Crippen LogP contribution in [0.25, 0.3) is 0 Å². The molecular weight excluding hydrogens is 364 g/mol. The van der Waals surface area contributed by atoms with Crippen LogP contribution in [-0.4, -0.2) is 33.3 Å². The minimum absolute atomic E-state index is 0.0512. The Morgan fingerprint density at radius 2 is 1.97 bits per heavy atom. The molecule has 0 saturated carbocycles. The zero-order valence-corrected chi connectivity index (χ0v) is 17.0. The standard InChI is InChI=1S/C24H28N2O3/c1-28-15-7-14-25-24(27)20-12-6-11-18-16-9-5-10-17(16)22(26-23(18)20)19-8-3-4-13-21(19)29-2/h3-6,8-9,11-13,16-17,22,26H,7,10,14-15H2,1-2H3,(H,25,27). The van der Waals surface area contributed by atoms with E-state index in [1.54, 1.807) is 14.2 Å². The summed E-state index contributed by atoms with van der Waals surface area (Å²) in [6.07, 6.45) is 6.34. The van der Waals surface area contributed by atoms with Gasteiger partial charge in [-0.2, -0.15) is 0 Å². The van der Waals surface area contributed by atoms with E-state index in [4.69, 9.17) is 9.47 Å². The van der Waals surface area contributed by atoms with Crippen LogP contribution in [0.4, 0.5) is 5.69 Å². The van der Waals surface area contributed by atoms with Gasteiger partial charge in [0.25, 0.3) is 5.91 Å². The normalized spacial score (nSPS) is 21.8. The largest absolute Gasteiger partial charge is 0.496 e. The van der Waals surface area contributed by atoms with Crippen LogP contribution in [0.5, 0.6) is 5.75 Å². The van der Waals surface area contributed by atoms with Gasteiger partial charge in [-0.15, -0.1) is 0 Å². The van der Waals surface area contributed by atoms with Gasteiger partial charge in [-0.25, -0.2) is 0 Å². The maximum atomic E-state index is 12.9. The highest BCUT2D eigenvalue weighted by Crippen LogP contribution is 2.51. The molecule has 0 saturated heterocycles. The molecular formula is C24H28N2O3. The lowest BCUT2D eigenvalue weighted by atomic mass is 9.76. The highest BCUT2D eigenvalue weighted by molar-refractivity contribution is 6.00. The van der Waals surface area contributed by atoms with Gasteiger partial charge in [0.05, 0.1) is 24.4 Å². The first-order chi connectivity index (χ1) is 14.2. The van der Waals surface area contributed by atoms with Gasteiger partial charge in [0.1, 0.15) is 5.75 Å². The second-order valence-electron chi connectivity index (χ2n) is 7.59. The fourth-order valence-corrected chi connectivity index (χ4v) is 4.56. The third kappa shape index (κ3) is 3.75. The molecule has 0 bridgehead atoms. The summed E-state index contributed by atoms with van der Waals surface area (Å²) in [6.45, 7) is 1.23. The lowest BCUT2D eigenvalue weighted by Crippen LogP contribution is -2.32. The monoisotopic (exact) mass is 392 g/mol. The number of amides is 1. The molecule has 0 fully saturated rings. The summed E-state index contributed by atoms with van der Waals surface area (Å²) >= 11 is 0. The van der Waals surface area contributed by atoms with E-state index in [1.807, 2.05) is 30.3 Å². The van der Waals surface area contributed by atoms with Crippen molar-refractivity contribution < 1.29 is 14.3 Å². The predicted molar refractivity (Wildman–Crippen MR) is 115 cm³/mol. The maximum absolute atomic E-state index is 12.9. The van der Waals surface area contributed by atoms with Crippen LogP contribution in [0.1, 0.15) is 46.3 Å². The van der Waals surface area contributed by atoms with Crippen LogP contribution in [0.15, 0.2) is 54.6 Å². The van der Waals surface area contributed by atoms with Crippen LogP contribution in [0.2, 0.25) is 0 Å². The van der Waals surface area contributed by atoms with E-state index in [1.165, 1.54) is 5.56 Å². The van der Waals surface area contributed by atoms with Crippen LogP contribution in [0, 0.1) is 5.92 Å². The summed E-state index contributed by atoms with van der Waals surface area (Å²) in [5.41, 5.74) is 3.95. The lowest BCUT2D eigenvalue weighted by Gasteiger charge is -2.38. The number of fused-ring (bicyclic) bond motifs is 3. The molecule has 5 heteroatoms. The van der Waals surface area contributed by atoms with Crippen LogP contribution < -0.4 is 15.4 Å². The predicted octanol–water partition coefficient (Wildman–Crippen LogP) is 4.29. The number of ether oxygens (including phenoxy) is 2. The highest BCUT2D eigenvalue weighted by Gasteiger charge is 2.40. The Kier molecular flexibility index (Phi) is 5.86. The summed E-state index contributed by atoms with van der Waals surface area (Å²) < 4.78 is 10.7. The first-order valence-corrected chi connectivity index (χ1v) is 10.2. The summed E-state index contributed by atoms with van der Waals surface area (Å²) in [5.74, 6) is 1.52. The second kappa shape index (κ2) is 8.70. The molecule has 2 aliphatic rings. The van der Waals surface area contributed by atoms with Crippen molar-refractivity contribution >= 4 is 11.6 Å². The number of allylic oxidation sites excluding steroid dienone is 2. The van der Waals surface area contributed by atoms with E-state index in [2.05, 4.69) is 34.9 Å². The summed E-state index contributed by atoms with van der Waals surface area (Å²) in [5, 5.41) is 6.72. The van der Waals surface area contributed by atoms with Crippen molar-refractivity contribution in [2.75, 3.05) is 32.7 Å². The molecule has 3 unspecified atom stereocenters. The van der Waals surface area contributed by atoms with Crippen molar-refractivity contribution in [3.63, 3.8) is 0 Å². The van der Waals surface area contributed by atoms with Gasteiger partial charge in [0.15, 0.2) is 0 Å². The number of benzene rings is 2. The summed E-state index contributed by atoms with van der Waals surface area (Å²) in [6, 6.07) is 14.2. The fourth-order valence-electron chi connectivity index (χ4n) is 4.56. The van der Waals surface area contributed by atoms with Gasteiger partial charge in [-0.3, -0.25) is 4.79 Å². The Balaban J connectivity index is 1.68. The molecule has 2 aromatic rings. The topological polar surface area (TPSA) is 59.6 Å². The smallest absolute Gasteiger partial charge is 0.253 e. The molecule has 2 aromatic carbocycles. The molecule has 2 N–H and O–H groups in total. The number of nitrogens with one attached hydrogen (secondary N) is 2. The molecule has 1 aliphatic heterocycles. The van der Waals surface area contributed by atoms with Gasteiger partial charge in [0, 0.05) is 31.7 Å². The van der Waals surface area contributed by atoms with E-state index >= 15 is 0 Å². The van der Waals surface area contributed by atoms with Crippen molar-refractivity contribution in [1.29, 1.82) is 0 Å². The quantitative estimate of drug-likeness (QED) is 0.545. The van der Waals surface area contributed by atoms with E-state index in [-0.39, 0.29) is 11.9 Å². The van der Waals surface area contributed by atoms with Crippen molar-refractivity contribution in [3.8, 4) is 5.75 Å². The molecule has 1 amide bonds. The molecule has 0 spiro atoms. The van der Waals surface area contributed by atoms with Gasteiger partial charge >= 0.3 is 0 Å². The summed E-state index contributed by atoms with van der Waals surface area (Å²) in [4.78, 5) is 12.9. The van der Waals surface area contributed by atoms with E-state index < -0.39 is 0 Å². The first-order valence-electron chi connectivity index (χ1n) is 10.2. The molecule has 1 heterocycles. The van der Waals surface area contributed by atoms with Gasteiger partial charge in [0.2, 0.25) is 0 Å². The first kappa shape index (κ1) is 19.5. The van der Waals surface area contributed by atoms with Crippen molar-refractivity contribution in [3.05, 3.63) is 71.3 Å². The van der Waals surface area contributed by atoms with Crippen LogP contribution in [0.3, 0.4) is 0 Å². The van der Waals surface area contributed by atoms with Gasteiger partial charge in [-0.1, -0.05) is 42.5 Å². The van der Waals surface area contributed by atoms with Crippen molar-refractivity contribution in [1.82, 2.24) is 5.32 Å². The lowest BCUT2D eigenvalue weighted by molar-refractivity contribution is 0.0949. The molecule has 29 heavy (non-hydrogen) atoms. The molecule has 152 valence electrons. The highest BCUT2D eigenvalue weighted by atomic mass is 16.5. The Morgan fingerprint density at radius 1 is 1.14 bits per heavy atom. The average molecular weight is 392 g/mol. The molecule has 0 radical (unpaired) electrons. The number of para-hydroxylation sites is 2. The average Bonchev–Trinajstić information content (AvgIpc) is 3.26. The Morgan fingerprint density at radius 3 is 2.79 bits per heavy atom.